The molecule has 0 heterocycles. The van der Waals surface area contributed by atoms with E-state index in [0.29, 0.717) is 25.4 Å². The number of hydrogen-bond acceptors (Lipinski definition) is 2. The lowest BCUT2D eigenvalue weighted by Gasteiger charge is -2.23. The van der Waals surface area contributed by atoms with Crippen LogP contribution in [-0.4, -0.2) is 30.9 Å². The van der Waals surface area contributed by atoms with Crippen molar-refractivity contribution in [3.8, 4) is 0 Å². The zero-order valence-corrected chi connectivity index (χ0v) is 12.6. The van der Waals surface area contributed by atoms with E-state index in [4.69, 9.17) is 0 Å². The highest BCUT2D eigenvalue weighted by Gasteiger charge is 2.26. The average molecular weight is 301 g/mol. The lowest BCUT2D eigenvalue weighted by molar-refractivity contribution is -0.132. The summed E-state index contributed by atoms with van der Waals surface area (Å²) in [7, 11) is 1.85. The Bertz CT molecular complexity index is 420. The quantitative estimate of drug-likeness (QED) is 0.839. The Morgan fingerprint density at radius 1 is 1.35 bits per heavy atom. The van der Waals surface area contributed by atoms with Gasteiger partial charge in [0, 0.05) is 26.1 Å². The maximum Gasteiger partial charge on any atom is 0.224 e. The zero-order valence-electron chi connectivity index (χ0n) is 11.8. The van der Waals surface area contributed by atoms with Crippen LogP contribution in [0.1, 0.15) is 24.8 Å². The third kappa shape index (κ3) is 5.47. The summed E-state index contributed by atoms with van der Waals surface area (Å²) in [5, 5.41) is 3.00. The maximum absolute atomic E-state index is 12.9. The number of carbonyl (C=O) groups is 1. The standard InChI is InChI=1S/C15H21FN2O.ClH/c1-17-9-8-15(19)18(10-12-2-3-12)11-13-4-6-14(16)7-5-13;/h4-7,12,17H,2-3,8-11H2,1H3;1H. The number of amides is 1. The van der Waals surface area contributed by atoms with Gasteiger partial charge in [-0.3, -0.25) is 4.79 Å². The Kier molecular flexibility index (Phi) is 6.96. The van der Waals surface area contributed by atoms with Crippen molar-refractivity contribution in [2.24, 2.45) is 5.92 Å². The number of hydrogen-bond donors (Lipinski definition) is 1. The molecular weight excluding hydrogens is 279 g/mol. The molecule has 1 aliphatic rings. The van der Waals surface area contributed by atoms with Crippen molar-refractivity contribution in [3.05, 3.63) is 35.6 Å². The molecule has 5 heteroatoms. The molecule has 1 aromatic rings. The molecule has 0 unspecified atom stereocenters. The number of nitrogens with zero attached hydrogens (tertiary/aromatic N) is 1. The highest BCUT2D eigenvalue weighted by atomic mass is 35.5. The van der Waals surface area contributed by atoms with Crippen molar-refractivity contribution in [1.82, 2.24) is 10.2 Å². The fourth-order valence-electron chi connectivity index (χ4n) is 2.07. The highest BCUT2D eigenvalue weighted by Crippen LogP contribution is 2.30. The number of halogens is 2. The van der Waals surface area contributed by atoms with Gasteiger partial charge in [-0.2, -0.15) is 0 Å². The van der Waals surface area contributed by atoms with Crippen LogP contribution in [0.3, 0.4) is 0 Å². The van der Waals surface area contributed by atoms with E-state index in [1.807, 2.05) is 11.9 Å². The van der Waals surface area contributed by atoms with Crippen LogP contribution in [0.25, 0.3) is 0 Å². The molecule has 0 aliphatic heterocycles. The Balaban J connectivity index is 0.00000200. The fraction of sp³-hybridized carbons (Fsp3) is 0.533. The Labute approximate surface area is 125 Å². The van der Waals surface area contributed by atoms with Crippen LogP contribution >= 0.6 is 12.4 Å². The third-order valence-electron chi connectivity index (χ3n) is 3.40. The second-order valence-electron chi connectivity index (χ2n) is 5.20. The predicted octanol–water partition coefficient (Wildman–Crippen LogP) is 2.60. The molecule has 1 fully saturated rings. The molecule has 1 N–H and O–H groups in total. The van der Waals surface area contributed by atoms with Gasteiger partial charge >= 0.3 is 0 Å². The van der Waals surface area contributed by atoms with E-state index in [1.54, 1.807) is 12.1 Å². The van der Waals surface area contributed by atoms with Crippen molar-refractivity contribution in [1.29, 1.82) is 0 Å². The first-order valence-corrected chi connectivity index (χ1v) is 6.86. The van der Waals surface area contributed by atoms with Gasteiger partial charge in [0.2, 0.25) is 5.91 Å². The first kappa shape index (κ1) is 16.9. The molecule has 0 spiro atoms. The molecule has 112 valence electrons. The number of rotatable bonds is 7. The van der Waals surface area contributed by atoms with Crippen LogP contribution in [0, 0.1) is 11.7 Å². The summed E-state index contributed by atoms with van der Waals surface area (Å²) in [6, 6.07) is 6.40. The topological polar surface area (TPSA) is 32.3 Å². The van der Waals surface area contributed by atoms with Gasteiger partial charge in [0.15, 0.2) is 0 Å². The second kappa shape index (κ2) is 8.22. The Morgan fingerprint density at radius 3 is 2.55 bits per heavy atom. The van der Waals surface area contributed by atoms with Crippen molar-refractivity contribution >= 4 is 18.3 Å². The van der Waals surface area contributed by atoms with Gasteiger partial charge in [-0.1, -0.05) is 12.1 Å². The van der Waals surface area contributed by atoms with E-state index < -0.39 is 0 Å². The average Bonchev–Trinajstić information content (AvgIpc) is 3.21. The van der Waals surface area contributed by atoms with Gasteiger partial charge < -0.3 is 10.2 Å². The smallest absolute Gasteiger partial charge is 0.224 e. The van der Waals surface area contributed by atoms with Crippen molar-refractivity contribution in [2.75, 3.05) is 20.1 Å². The normalized spacial score (nSPS) is 13.7. The molecule has 20 heavy (non-hydrogen) atoms. The largest absolute Gasteiger partial charge is 0.338 e. The first-order valence-electron chi connectivity index (χ1n) is 6.86. The summed E-state index contributed by atoms with van der Waals surface area (Å²) in [5.41, 5.74) is 0.986. The Morgan fingerprint density at radius 2 is 2.00 bits per heavy atom. The van der Waals surface area contributed by atoms with Crippen molar-refractivity contribution in [2.45, 2.75) is 25.8 Å². The third-order valence-corrected chi connectivity index (χ3v) is 3.40. The summed E-state index contributed by atoms with van der Waals surface area (Å²) in [5.74, 6) is 0.601. The number of nitrogens with one attached hydrogen (secondary N) is 1. The fourth-order valence-corrected chi connectivity index (χ4v) is 2.07. The summed E-state index contributed by atoms with van der Waals surface area (Å²) in [6.07, 6.45) is 2.96. The van der Waals surface area contributed by atoms with Gasteiger partial charge in [-0.15, -0.1) is 12.4 Å². The van der Waals surface area contributed by atoms with Gasteiger partial charge in [0.05, 0.1) is 0 Å². The van der Waals surface area contributed by atoms with E-state index in [2.05, 4.69) is 5.32 Å². The molecule has 2 rings (SSSR count). The van der Waals surface area contributed by atoms with Crippen LogP contribution in [0.4, 0.5) is 4.39 Å². The van der Waals surface area contributed by atoms with Crippen molar-refractivity contribution < 1.29 is 9.18 Å². The summed E-state index contributed by atoms with van der Waals surface area (Å²) in [6.45, 7) is 2.11. The lowest BCUT2D eigenvalue weighted by atomic mass is 10.2. The van der Waals surface area contributed by atoms with E-state index in [1.165, 1.54) is 25.0 Å². The molecule has 0 saturated heterocycles. The van der Waals surface area contributed by atoms with Crippen molar-refractivity contribution in [3.63, 3.8) is 0 Å². The minimum Gasteiger partial charge on any atom is -0.338 e. The summed E-state index contributed by atoms with van der Waals surface area (Å²) in [4.78, 5) is 14.1. The zero-order chi connectivity index (χ0) is 13.7. The van der Waals surface area contributed by atoms with Gasteiger partial charge in [0.25, 0.3) is 0 Å². The number of carbonyl (C=O) groups excluding carboxylic acids is 1. The van der Waals surface area contributed by atoms with Gasteiger partial charge in [0.1, 0.15) is 5.82 Å². The SMILES string of the molecule is CNCCC(=O)N(Cc1ccc(F)cc1)CC1CC1.Cl. The molecule has 1 saturated carbocycles. The van der Waals surface area contributed by atoms with Gasteiger partial charge in [-0.25, -0.2) is 4.39 Å². The van der Waals surface area contributed by atoms with E-state index in [0.717, 1.165) is 12.1 Å². The minimum atomic E-state index is -0.237. The van der Waals surface area contributed by atoms with E-state index >= 15 is 0 Å². The molecule has 0 bridgehead atoms. The first-order chi connectivity index (χ1) is 9.19. The minimum absolute atomic E-state index is 0. The summed E-state index contributed by atoms with van der Waals surface area (Å²) >= 11 is 0. The highest BCUT2D eigenvalue weighted by molar-refractivity contribution is 5.85. The van der Waals surface area contributed by atoms with Gasteiger partial charge in [-0.05, 0) is 43.5 Å². The molecule has 0 atom stereocenters. The lowest BCUT2D eigenvalue weighted by Crippen LogP contribution is -2.34. The van der Waals surface area contributed by atoms with E-state index in [9.17, 15) is 9.18 Å². The summed E-state index contributed by atoms with van der Waals surface area (Å²) < 4.78 is 12.9. The van der Waals surface area contributed by atoms with E-state index in [-0.39, 0.29) is 24.1 Å². The molecular formula is C15H22ClFN2O. The van der Waals surface area contributed by atoms with Crippen LogP contribution in [0.5, 0.6) is 0 Å². The molecule has 1 amide bonds. The molecule has 1 aliphatic carbocycles. The Hall–Kier alpha value is -1.13. The maximum atomic E-state index is 12.9. The van der Waals surface area contributed by atoms with Crippen LogP contribution in [0.15, 0.2) is 24.3 Å². The van der Waals surface area contributed by atoms with Crippen LogP contribution in [0.2, 0.25) is 0 Å². The van der Waals surface area contributed by atoms with Crippen LogP contribution < -0.4 is 5.32 Å². The molecule has 1 aromatic carbocycles. The molecule has 3 nitrogen and oxygen atoms in total. The predicted molar refractivity (Wildman–Crippen MR) is 80.3 cm³/mol. The molecule has 0 radical (unpaired) electrons. The second-order valence-corrected chi connectivity index (χ2v) is 5.20. The van der Waals surface area contributed by atoms with Crippen LogP contribution in [-0.2, 0) is 11.3 Å². The monoisotopic (exact) mass is 300 g/mol. The molecule has 0 aromatic heterocycles. The number of benzene rings is 1.